The van der Waals surface area contributed by atoms with Gasteiger partial charge >= 0.3 is 0 Å². The third-order valence-corrected chi connectivity index (χ3v) is 3.59. The Hall–Kier alpha value is -1.15. The van der Waals surface area contributed by atoms with Crippen LogP contribution in [-0.4, -0.2) is 17.4 Å². The summed E-state index contributed by atoms with van der Waals surface area (Å²) < 4.78 is 5.99. The molecule has 2 rings (SSSR count). The lowest BCUT2D eigenvalue weighted by atomic mass is 9.94. The number of hydrogen-bond acceptors (Lipinski definition) is 2. The Morgan fingerprint density at radius 1 is 1.28 bits per heavy atom. The van der Waals surface area contributed by atoms with Gasteiger partial charge < -0.3 is 4.74 Å². The molecule has 1 aliphatic heterocycles. The van der Waals surface area contributed by atoms with Crippen LogP contribution in [0.4, 0.5) is 0 Å². The first kappa shape index (κ1) is 13.3. The van der Waals surface area contributed by atoms with Crippen LogP contribution in [0.5, 0.6) is 0 Å². The molecule has 0 bridgehead atoms. The average Bonchev–Trinajstić information content (AvgIpc) is 2.33. The largest absolute Gasteiger partial charge is 0.367 e. The maximum absolute atomic E-state index is 5.99. The zero-order chi connectivity index (χ0) is 13.2. The molecule has 1 aromatic rings. The van der Waals surface area contributed by atoms with Crippen molar-refractivity contribution in [3.63, 3.8) is 0 Å². The summed E-state index contributed by atoms with van der Waals surface area (Å²) >= 11 is 0. The van der Waals surface area contributed by atoms with E-state index in [1.54, 1.807) is 0 Å². The monoisotopic (exact) mass is 245 g/mol. The van der Waals surface area contributed by atoms with Crippen molar-refractivity contribution < 1.29 is 4.74 Å². The number of aliphatic imine (C=N–C) groups is 1. The third kappa shape index (κ3) is 3.20. The van der Waals surface area contributed by atoms with Crippen LogP contribution in [0.25, 0.3) is 0 Å². The number of rotatable bonds is 2. The molecule has 0 saturated carbocycles. The minimum absolute atomic E-state index is 0.00553. The van der Waals surface area contributed by atoms with Gasteiger partial charge in [0.05, 0.1) is 17.7 Å². The van der Waals surface area contributed by atoms with Crippen LogP contribution in [0.2, 0.25) is 0 Å². The number of benzene rings is 1. The van der Waals surface area contributed by atoms with Gasteiger partial charge in [-0.05, 0) is 46.1 Å². The predicted octanol–water partition coefficient (Wildman–Crippen LogP) is 4.17. The molecule has 2 atom stereocenters. The lowest BCUT2D eigenvalue weighted by molar-refractivity contribution is -0.0531. The Morgan fingerprint density at radius 2 is 1.94 bits per heavy atom. The summed E-state index contributed by atoms with van der Waals surface area (Å²) in [7, 11) is 0. The van der Waals surface area contributed by atoms with E-state index in [9.17, 15) is 0 Å². The second-order valence-electron chi connectivity index (χ2n) is 5.73. The van der Waals surface area contributed by atoms with Crippen LogP contribution >= 0.6 is 0 Å². The fraction of sp³-hybridized carbons (Fsp3) is 0.562. The summed E-state index contributed by atoms with van der Waals surface area (Å²) in [6.45, 7) is 8.56. The molecule has 1 unspecified atom stereocenters. The van der Waals surface area contributed by atoms with Crippen molar-refractivity contribution in [1.82, 2.24) is 0 Å². The van der Waals surface area contributed by atoms with E-state index >= 15 is 0 Å². The quantitative estimate of drug-likeness (QED) is 0.766. The van der Waals surface area contributed by atoms with E-state index in [1.807, 2.05) is 6.07 Å². The highest BCUT2D eigenvalue weighted by atomic mass is 16.5. The van der Waals surface area contributed by atoms with E-state index in [0.29, 0.717) is 0 Å². The standard InChI is InChI=1S/C16H23NO/c1-12(14-8-6-5-7-9-14)17-15-10-11-16(3,4)18-13(15)2/h5-9,12-13H,10-11H2,1-4H3/t12-,13?/m1/s1. The topological polar surface area (TPSA) is 21.6 Å². The molecule has 1 heterocycles. The average molecular weight is 245 g/mol. The van der Waals surface area contributed by atoms with E-state index in [0.717, 1.165) is 12.8 Å². The normalized spacial score (nSPS) is 27.1. The van der Waals surface area contributed by atoms with Crippen LogP contribution in [0.3, 0.4) is 0 Å². The first-order chi connectivity index (χ1) is 8.48. The highest BCUT2D eigenvalue weighted by Gasteiger charge is 2.30. The third-order valence-electron chi connectivity index (χ3n) is 3.59. The van der Waals surface area contributed by atoms with Crippen LogP contribution < -0.4 is 0 Å². The fourth-order valence-corrected chi connectivity index (χ4v) is 2.46. The summed E-state index contributed by atoms with van der Waals surface area (Å²) in [6, 6.07) is 10.7. The second-order valence-corrected chi connectivity index (χ2v) is 5.73. The van der Waals surface area contributed by atoms with Crippen LogP contribution in [0, 0.1) is 0 Å². The van der Waals surface area contributed by atoms with E-state index in [2.05, 4.69) is 52.0 Å². The Balaban J connectivity index is 2.10. The van der Waals surface area contributed by atoms with Gasteiger partial charge in [-0.2, -0.15) is 0 Å². The zero-order valence-electron chi connectivity index (χ0n) is 11.8. The maximum atomic E-state index is 5.99. The molecule has 0 radical (unpaired) electrons. The van der Waals surface area contributed by atoms with E-state index in [-0.39, 0.29) is 17.7 Å². The molecule has 1 saturated heterocycles. The molecule has 0 spiro atoms. The van der Waals surface area contributed by atoms with Crippen LogP contribution in [0.15, 0.2) is 35.3 Å². The van der Waals surface area contributed by atoms with Crippen molar-refractivity contribution in [2.24, 2.45) is 4.99 Å². The smallest absolute Gasteiger partial charge is 0.0930 e. The Morgan fingerprint density at radius 3 is 2.56 bits per heavy atom. The number of hydrogen-bond donors (Lipinski definition) is 0. The van der Waals surface area contributed by atoms with Crippen molar-refractivity contribution in [3.8, 4) is 0 Å². The summed E-state index contributed by atoms with van der Waals surface area (Å²) in [4.78, 5) is 4.84. The summed E-state index contributed by atoms with van der Waals surface area (Å²) in [5.74, 6) is 0. The van der Waals surface area contributed by atoms with Crippen molar-refractivity contribution in [3.05, 3.63) is 35.9 Å². The van der Waals surface area contributed by atoms with Crippen LogP contribution in [-0.2, 0) is 4.74 Å². The van der Waals surface area contributed by atoms with E-state index in [4.69, 9.17) is 9.73 Å². The molecule has 0 N–H and O–H groups in total. The molecule has 18 heavy (non-hydrogen) atoms. The Labute approximate surface area is 110 Å². The SMILES string of the molecule is CC1OC(C)(C)CCC1=N[C@H](C)c1ccccc1. The molecule has 1 aliphatic rings. The van der Waals surface area contributed by atoms with Gasteiger partial charge in [0.2, 0.25) is 0 Å². The van der Waals surface area contributed by atoms with Crippen molar-refractivity contribution in [2.45, 2.75) is 58.3 Å². The highest BCUT2D eigenvalue weighted by molar-refractivity contribution is 5.89. The molecule has 0 amide bonds. The van der Waals surface area contributed by atoms with Gasteiger partial charge in [0, 0.05) is 5.71 Å². The molecule has 2 heteroatoms. The van der Waals surface area contributed by atoms with Crippen molar-refractivity contribution in [2.75, 3.05) is 0 Å². The lowest BCUT2D eigenvalue weighted by Gasteiger charge is -2.35. The predicted molar refractivity (Wildman–Crippen MR) is 76.2 cm³/mol. The highest BCUT2D eigenvalue weighted by Crippen LogP contribution is 2.28. The molecule has 98 valence electrons. The van der Waals surface area contributed by atoms with E-state index < -0.39 is 0 Å². The van der Waals surface area contributed by atoms with Gasteiger partial charge in [-0.1, -0.05) is 30.3 Å². The summed E-state index contributed by atoms with van der Waals surface area (Å²) in [5.41, 5.74) is 2.46. The molecule has 0 aliphatic carbocycles. The molecular weight excluding hydrogens is 222 g/mol. The Bertz CT molecular complexity index is 422. The Kier molecular flexibility index (Phi) is 3.86. The first-order valence-electron chi connectivity index (χ1n) is 6.77. The van der Waals surface area contributed by atoms with Gasteiger partial charge in [-0.25, -0.2) is 0 Å². The molecule has 1 aromatic carbocycles. The van der Waals surface area contributed by atoms with Gasteiger partial charge in [0.1, 0.15) is 0 Å². The zero-order valence-corrected chi connectivity index (χ0v) is 11.8. The molecule has 2 nitrogen and oxygen atoms in total. The minimum Gasteiger partial charge on any atom is -0.367 e. The van der Waals surface area contributed by atoms with Gasteiger partial charge in [0.25, 0.3) is 0 Å². The van der Waals surface area contributed by atoms with Gasteiger partial charge in [-0.15, -0.1) is 0 Å². The number of ether oxygens (including phenoxy) is 1. The number of nitrogens with zero attached hydrogens (tertiary/aromatic N) is 1. The fourth-order valence-electron chi connectivity index (χ4n) is 2.46. The lowest BCUT2D eigenvalue weighted by Crippen LogP contribution is -2.39. The van der Waals surface area contributed by atoms with Gasteiger partial charge in [-0.3, -0.25) is 4.99 Å². The van der Waals surface area contributed by atoms with Crippen LogP contribution in [0.1, 0.15) is 52.1 Å². The first-order valence-corrected chi connectivity index (χ1v) is 6.77. The molecule has 0 aromatic heterocycles. The molecular formula is C16H23NO. The van der Waals surface area contributed by atoms with Gasteiger partial charge in [0.15, 0.2) is 0 Å². The minimum atomic E-state index is -0.00553. The van der Waals surface area contributed by atoms with Crippen molar-refractivity contribution >= 4 is 5.71 Å². The van der Waals surface area contributed by atoms with Crippen molar-refractivity contribution in [1.29, 1.82) is 0 Å². The second kappa shape index (κ2) is 5.23. The maximum Gasteiger partial charge on any atom is 0.0930 e. The summed E-state index contributed by atoms with van der Waals surface area (Å²) in [5, 5.41) is 0. The molecule has 1 fully saturated rings. The van der Waals surface area contributed by atoms with E-state index in [1.165, 1.54) is 11.3 Å². The summed E-state index contributed by atoms with van der Waals surface area (Å²) in [6.07, 6.45) is 2.24.